The fraction of sp³-hybridized carbons (Fsp3) is 0.929. The Kier molecular flexibility index (Phi) is 6.94. The Morgan fingerprint density at radius 2 is 1.94 bits per heavy atom. The lowest BCUT2D eigenvalue weighted by Crippen LogP contribution is -2.37. The van der Waals surface area contributed by atoms with E-state index in [9.17, 15) is 4.79 Å². The molecule has 1 amide bonds. The maximum atomic E-state index is 11.8. The van der Waals surface area contributed by atoms with Crippen molar-refractivity contribution in [3.8, 4) is 0 Å². The molecule has 3 heteroatoms. The van der Waals surface area contributed by atoms with Gasteiger partial charge in [-0.1, -0.05) is 39.0 Å². The van der Waals surface area contributed by atoms with Crippen molar-refractivity contribution in [2.24, 2.45) is 11.8 Å². The van der Waals surface area contributed by atoms with Crippen molar-refractivity contribution in [2.75, 3.05) is 5.88 Å². The Morgan fingerprint density at radius 1 is 1.29 bits per heavy atom. The lowest BCUT2D eigenvalue weighted by atomic mass is 9.86. The summed E-state index contributed by atoms with van der Waals surface area (Å²) in [7, 11) is 0. The predicted octanol–water partition coefficient (Wildman–Crippen LogP) is 3.73. The van der Waals surface area contributed by atoms with E-state index in [1.165, 1.54) is 32.1 Å². The highest BCUT2D eigenvalue weighted by Gasteiger charge is 2.17. The highest BCUT2D eigenvalue weighted by atomic mass is 35.5. The van der Waals surface area contributed by atoms with E-state index in [0.717, 1.165) is 12.3 Å². The number of nitrogens with one attached hydrogen (secondary N) is 1. The molecular weight excluding hydrogens is 234 g/mol. The average Bonchev–Trinajstić information content (AvgIpc) is 2.36. The molecule has 0 spiro atoms. The van der Waals surface area contributed by atoms with Crippen molar-refractivity contribution in [3.05, 3.63) is 0 Å². The number of carbonyl (C=O) groups excluding carboxylic acids is 1. The molecule has 1 rings (SSSR count). The van der Waals surface area contributed by atoms with Crippen LogP contribution in [-0.4, -0.2) is 17.8 Å². The molecule has 2 nitrogen and oxygen atoms in total. The zero-order valence-electron chi connectivity index (χ0n) is 11.2. The van der Waals surface area contributed by atoms with Crippen molar-refractivity contribution < 1.29 is 4.79 Å². The van der Waals surface area contributed by atoms with Crippen LogP contribution in [0.15, 0.2) is 0 Å². The van der Waals surface area contributed by atoms with E-state index in [1.807, 2.05) is 6.92 Å². The first-order valence-electron chi connectivity index (χ1n) is 6.98. The van der Waals surface area contributed by atoms with E-state index in [1.54, 1.807) is 0 Å². The first-order chi connectivity index (χ1) is 8.13. The minimum absolute atomic E-state index is 0.186. The predicted molar refractivity (Wildman–Crippen MR) is 73.3 cm³/mol. The lowest BCUT2D eigenvalue weighted by molar-refractivity contribution is -0.122. The van der Waals surface area contributed by atoms with Crippen LogP contribution in [-0.2, 0) is 4.79 Å². The molecule has 0 radical (unpaired) electrons. The molecule has 0 heterocycles. The summed E-state index contributed by atoms with van der Waals surface area (Å²) in [5, 5.41) is 3.05. The fourth-order valence-corrected chi connectivity index (χ4v) is 2.68. The smallest absolute Gasteiger partial charge is 0.220 e. The molecule has 2 unspecified atom stereocenters. The first-order valence-corrected chi connectivity index (χ1v) is 7.52. The van der Waals surface area contributed by atoms with E-state index in [4.69, 9.17) is 11.6 Å². The van der Waals surface area contributed by atoms with E-state index >= 15 is 0 Å². The number of hydrogen-bond acceptors (Lipinski definition) is 1. The van der Waals surface area contributed by atoms with Crippen LogP contribution in [0.2, 0.25) is 0 Å². The number of carbonyl (C=O) groups is 1. The van der Waals surface area contributed by atoms with Gasteiger partial charge in [-0.05, 0) is 25.2 Å². The summed E-state index contributed by atoms with van der Waals surface area (Å²) in [6.07, 6.45) is 8.48. The van der Waals surface area contributed by atoms with Gasteiger partial charge in [-0.15, -0.1) is 11.6 Å². The first kappa shape index (κ1) is 14.8. The van der Waals surface area contributed by atoms with Gasteiger partial charge in [0.15, 0.2) is 0 Å². The van der Waals surface area contributed by atoms with Gasteiger partial charge >= 0.3 is 0 Å². The third-order valence-electron chi connectivity index (χ3n) is 3.99. The molecule has 0 aromatic heterocycles. The van der Waals surface area contributed by atoms with Gasteiger partial charge in [0.2, 0.25) is 5.91 Å². The molecule has 1 fully saturated rings. The number of rotatable bonds is 6. The molecule has 100 valence electrons. The summed E-state index contributed by atoms with van der Waals surface area (Å²) in [5.41, 5.74) is 0. The van der Waals surface area contributed by atoms with Gasteiger partial charge in [0, 0.05) is 18.3 Å². The molecule has 0 aromatic rings. The van der Waals surface area contributed by atoms with E-state index in [0.29, 0.717) is 18.2 Å². The quantitative estimate of drug-likeness (QED) is 0.724. The van der Waals surface area contributed by atoms with Crippen molar-refractivity contribution in [1.29, 1.82) is 0 Å². The molecule has 2 atom stereocenters. The van der Waals surface area contributed by atoms with Crippen LogP contribution in [0.5, 0.6) is 0 Å². The molecule has 1 aliphatic rings. The summed E-state index contributed by atoms with van der Waals surface area (Å²) in [6.45, 7) is 4.10. The summed E-state index contributed by atoms with van der Waals surface area (Å²) < 4.78 is 0. The van der Waals surface area contributed by atoms with Crippen LogP contribution >= 0.6 is 11.6 Å². The van der Waals surface area contributed by atoms with Crippen LogP contribution in [0.1, 0.15) is 58.8 Å². The summed E-state index contributed by atoms with van der Waals surface area (Å²) in [6, 6.07) is 0.186. The van der Waals surface area contributed by atoms with Crippen LogP contribution < -0.4 is 5.32 Å². The third kappa shape index (κ3) is 5.76. The summed E-state index contributed by atoms with van der Waals surface area (Å²) in [5.74, 6) is 1.93. The van der Waals surface area contributed by atoms with Gasteiger partial charge in [0.1, 0.15) is 0 Å². The molecule has 17 heavy (non-hydrogen) atoms. The number of halogens is 1. The van der Waals surface area contributed by atoms with Crippen molar-refractivity contribution in [2.45, 2.75) is 64.8 Å². The second-order valence-electron chi connectivity index (χ2n) is 5.53. The second kappa shape index (κ2) is 7.97. The van der Waals surface area contributed by atoms with E-state index in [2.05, 4.69) is 12.2 Å². The fourth-order valence-electron chi connectivity index (χ4n) is 2.41. The average molecular weight is 260 g/mol. The maximum absolute atomic E-state index is 11.8. The number of amides is 1. The standard InChI is InChI=1S/C14H26ClNO/c1-11(10-15)12(2)16-14(17)9-8-13-6-4-3-5-7-13/h11-13H,3-10H2,1-2H3,(H,16,17). The van der Waals surface area contributed by atoms with Crippen LogP contribution in [0.4, 0.5) is 0 Å². The Morgan fingerprint density at radius 3 is 2.53 bits per heavy atom. The van der Waals surface area contributed by atoms with Gasteiger partial charge in [0.25, 0.3) is 0 Å². The SMILES string of the molecule is CC(CCl)C(C)NC(=O)CCC1CCCCC1. The van der Waals surface area contributed by atoms with Crippen LogP contribution in [0.25, 0.3) is 0 Å². The second-order valence-corrected chi connectivity index (χ2v) is 5.84. The molecule has 1 N–H and O–H groups in total. The monoisotopic (exact) mass is 259 g/mol. The Balaban J connectivity index is 2.15. The minimum Gasteiger partial charge on any atom is -0.353 e. The summed E-state index contributed by atoms with van der Waals surface area (Å²) in [4.78, 5) is 11.8. The van der Waals surface area contributed by atoms with Gasteiger partial charge < -0.3 is 5.32 Å². The van der Waals surface area contributed by atoms with Gasteiger partial charge in [-0.2, -0.15) is 0 Å². The molecule has 1 aliphatic carbocycles. The topological polar surface area (TPSA) is 29.1 Å². The number of hydrogen-bond donors (Lipinski definition) is 1. The molecule has 0 aliphatic heterocycles. The Hall–Kier alpha value is -0.240. The van der Waals surface area contributed by atoms with Gasteiger partial charge in [-0.3, -0.25) is 4.79 Å². The molecule has 1 saturated carbocycles. The maximum Gasteiger partial charge on any atom is 0.220 e. The zero-order valence-corrected chi connectivity index (χ0v) is 11.9. The molecule has 0 bridgehead atoms. The van der Waals surface area contributed by atoms with Crippen molar-refractivity contribution >= 4 is 17.5 Å². The van der Waals surface area contributed by atoms with Gasteiger partial charge in [0.05, 0.1) is 0 Å². The Bertz CT molecular complexity index is 226. The molecular formula is C14H26ClNO. The minimum atomic E-state index is 0.186. The zero-order chi connectivity index (χ0) is 12.7. The Labute approximate surface area is 110 Å². The van der Waals surface area contributed by atoms with Crippen molar-refractivity contribution in [3.63, 3.8) is 0 Å². The van der Waals surface area contributed by atoms with Gasteiger partial charge in [-0.25, -0.2) is 0 Å². The third-order valence-corrected chi connectivity index (χ3v) is 4.48. The summed E-state index contributed by atoms with van der Waals surface area (Å²) >= 11 is 5.78. The van der Waals surface area contributed by atoms with Crippen LogP contribution in [0.3, 0.4) is 0 Å². The van der Waals surface area contributed by atoms with Crippen LogP contribution in [0, 0.1) is 11.8 Å². The van der Waals surface area contributed by atoms with E-state index < -0.39 is 0 Å². The lowest BCUT2D eigenvalue weighted by Gasteiger charge is -2.22. The largest absolute Gasteiger partial charge is 0.353 e. The number of alkyl halides is 1. The normalized spacial score (nSPS) is 20.9. The van der Waals surface area contributed by atoms with E-state index in [-0.39, 0.29) is 11.9 Å². The van der Waals surface area contributed by atoms with Crippen molar-refractivity contribution in [1.82, 2.24) is 5.32 Å². The highest BCUT2D eigenvalue weighted by molar-refractivity contribution is 6.18. The molecule has 0 aromatic carbocycles. The molecule has 0 saturated heterocycles. The highest BCUT2D eigenvalue weighted by Crippen LogP contribution is 2.27.